The van der Waals surface area contributed by atoms with Crippen molar-refractivity contribution in [3.63, 3.8) is 0 Å². The summed E-state index contributed by atoms with van der Waals surface area (Å²) in [4.78, 5) is 101. The van der Waals surface area contributed by atoms with E-state index in [9.17, 15) is 25.2 Å². The molecule has 0 N–H and O–H groups in total. The molecule has 0 aromatic rings. The first-order valence-corrected chi connectivity index (χ1v) is 12.9. The van der Waals surface area contributed by atoms with E-state index in [4.69, 9.17) is 86.1 Å². The van der Waals surface area contributed by atoms with Crippen LogP contribution in [0.1, 0.15) is 0 Å². The topological polar surface area (TPSA) is 379 Å². The summed E-state index contributed by atoms with van der Waals surface area (Å²) in [6.07, 6.45) is 0. The average molecular weight is 698 g/mol. The van der Waals surface area contributed by atoms with Crippen molar-refractivity contribution in [2.24, 2.45) is 0 Å². The zero-order chi connectivity index (χ0) is 27.0. The molecular formula is F6Mn2O18P6-12. The molecule has 0 aromatic carbocycles. The monoisotopic (exact) mass is 698 g/mol. The van der Waals surface area contributed by atoms with Gasteiger partial charge < -0.3 is 86.1 Å². The van der Waals surface area contributed by atoms with Gasteiger partial charge in [0.25, 0.3) is 0 Å². The fourth-order valence-corrected chi connectivity index (χ4v) is 0. The van der Waals surface area contributed by atoms with Gasteiger partial charge in [0.05, 0.1) is 0 Å². The molecule has 0 atom stereocenters. The Bertz CT molecular complexity index is 484. The molecule has 32 heavy (non-hydrogen) atoms. The first kappa shape index (κ1) is 54.4. The van der Waals surface area contributed by atoms with E-state index in [1.54, 1.807) is 0 Å². The Morgan fingerprint density at radius 1 is 0.281 bits per heavy atom. The second kappa shape index (κ2) is 22.9. The molecule has 206 valence electrons. The predicted octanol–water partition coefficient (Wildman–Crippen LogP) is -7.30. The van der Waals surface area contributed by atoms with Crippen LogP contribution >= 0.6 is 47.4 Å². The van der Waals surface area contributed by atoms with E-state index in [0.29, 0.717) is 0 Å². The summed E-state index contributed by atoms with van der Waals surface area (Å²) in [5.74, 6) is 0. The van der Waals surface area contributed by atoms with Gasteiger partial charge in [-0.05, 0) is 0 Å². The molecule has 0 bridgehead atoms. The van der Waals surface area contributed by atoms with Crippen molar-refractivity contribution < 1.29 is 145 Å². The van der Waals surface area contributed by atoms with E-state index in [1.807, 2.05) is 0 Å². The molecule has 0 saturated heterocycles. The van der Waals surface area contributed by atoms with Crippen molar-refractivity contribution >= 4 is 47.4 Å². The van der Waals surface area contributed by atoms with Gasteiger partial charge in [-0.15, -0.1) is 0 Å². The molecule has 2 radical (unpaired) electrons. The second-order valence-corrected chi connectivity index (χ2v) is 7.75. The van der Waals surface area contributed by atoms with Crippen LogP contribution in [0.2, 0.25) is 0 Å². The Hall–Kier alpha value is 1.52. The molecule has 0 aliphatic carbocycles. The van der Waals surface area contributed by atoms with E-state index < -0.39 is 47.4 Å². The van der Waals surface area contributed by atoms with Crippen molar-refractivity contribution in [1.29, 1.82) is 0 Å². The quantitative estimate of drug-likeness (QED) is 0.129. The summed E-state index contributed by atoms with van der Waals surface area (Å²) >= 11 is 0. The first-order chi connectivity index (χ1) is 12.0. The van der Waals surface area contributed by atoms with Gasteiger partial charge in [-0.1, -0.05) is 0 Å². The zero-order valence-electron chi connectivity index (χ0n) is 13.1. The molecule has 18 nitrogen and oxygen atoms in total. The summed E-state index contributed by atoms with van der Waals surface area (Å²) in [5, 5.41) is 0. The Kier molecular flexibility index (Phi) is 39.0. The fraction of sp³-hybridized carbons (Fsp3) is 0. The molecule has 0 unspecified atom stereocenters. The molecular weight excluding hydrogens is 698 g/mol. The van der Waals surface area contributed by atoms with Gasteiger partial charge in [0.2, 0.25) is 0 Å². The fourth-order valence-electron chi connectivity index (χ4n) is 0. The van der Waals surface area contributed by atoms with Crippen molar-refractivity contribution in [2.75, 3.05) is 0 Å². The van der Waals surface area contributed by atoms with Crippen LogP contribution in [-0.2, 0) is 61.5 Å². The van der Waals surface area contributed by atoms with Crippen LogP contribution in [0.5, 0.6) is 0 Å². The third kappa shape index (κ3) is 12700. The van der Waals surface area contributed by atoms with Crippen molar-refractivity contribution in [2.45, 2.75) is 0 Å². The minimum atomic E-state index is -5.64. The van der Waals surface area contributed by atoms with E-state index in [-0.39, 0.29) is 34.1 Å². The normalized spacial score (nSPS) is 11.1. The van der Waals surface area contributed by atoms with Crippen molar-refractivity contribution in [3.05, 3.63) is 0 Å². The van der Waals surface area contributed by atoms with Gasteiger partial charge in [0.15, 0.2) is 0 Å². The van der Waals surface area contributed by atoms with E-state index >= 15 is 0 Å². The molecule has 0 aliphatic heterocycles. The number of hydrogen-bond acceptors (Lipinski definition) is 18. The second-order valence-electron chi connectivity index (χ2n) is 2.58. The van der Waals surface area contributed by atoms with Gasteiger partial charge in [0.1, 0.15) is 47.4 Å². The molecule has 0 saturated carbocycles. The molecule has 32 heteroatoms. The van der Waals surface area contributed by atoms with Gasteiger partial charge in [0, 0.05) is 34.1 Å². The number of hydrogen-bond donors (Lipinski definition) is 0. The van der Waals surface area contributed by atoms with Gasteiger partial charge in [-0.25, -0.2) is 25.2 Å². The van der Waals surface area contributed by atoms with E-state index in [2.05, 4.69) is 0 Å². The van der Waals surface area contributed by atoms with Gasteiger partial charge >= 0.3 is 0 Å². The Balaban J connectivity index is -0.0000000356. The van der Waals surface area contributed by atoms with E-state index in [1.165, 1.54) is 0 Å². The third-order valence-corrected chi connectivity index (χ3v) is 0. The van der Waals surface area contributed by atoms with Crippen LogP contribution in [0.25, 0.3) is 0 Å². The standard InChI is InChI=1S/6FH2O3P.2Mn/c6*1-5(2,3)4;;/h6*(H2,2,3,4);;/p-12. The minimum absolute atomic E-state index is 0. The summed E-state index contributed by atoms with van der Waals surface area (Å²) in [6, 6.07) is 0. The molecule has 0 heterocycles. The van der Waals surface area contributed by atoms with Crippen LogP contribution < -0.4 is 58.7 Å². The molecule has 0 aliphatic rings. The van der Waals surface area contributed by atoms with Crippen LogP contribution in [-0.4, -0.2) is 0 Å². The first-order valence-electron chi connectivity index (χ1n) is 4.30. The Morgan fingerprint density at radius 2 is 0.281 bits per heavy atom. The van der Waals surface area contributed by atoms with Crippen LogP contribution in [0, 0.1) is 0 Å². The minimum Gasteiger partial charge on any atom is -0.786 e. The zero-order valence-corrected chi connectivity index (χ0v) is 20.8. The Labute approximate surface area is 193 Å². The van der Waals surface area contributed by atoms with E-state index in [0.717, 1.165) is 0 Å². The summed E-state index contributed by atoms with van der Waals surface area (Å²) < 4.78 is 111. The third-order valence-electron chi connectivity index (χ3n) is 0. The maximum Gasteiger partial charge on any atom is 0.110 e. The summed E-state index contributed by atoms with van der Waals surface area (Å²) in [7, 11) is -33.8. The van der Waals surface area contributed by atoms with Crippen LogP contribution in [0.4, 0.5) is 25.2 Å². The van der Waals surface area contributed by atoms with Crippen molar-refractivity contribution in [3.8, 4) is 0 Å². The SMILES string of the molecule is O=P([O-])([O-])F.O=P([O-])([O-])F.O=P([O-])([O-])F.O=P([O-])([O-])F.O=P([O-])([O-])F.O=P([O-])([O-])F.[Mn].[Mn]. The molecule has 0 spiro atoms. The molecule has 0 rings (SSSR count). The summed E-state index contributed by atoms with van der Waals surface area (Å²) in [6.45, 7) is 0. The van der Waals surface area contributed by atoms with Gasteiger partial charge in [-0.3, -0.25) is 0 Å². The summed E-state index contributed by atoms with van der Waals surface area (Å²) in [5.41, 5.74) is 0. The average Bonchev–Trinajstić information content (AvgIpc) is 1.94. The number of rotatable bonds is 0. The predicted molar refractivity (Wildman–Crippen MR) is 52.3 cm³/mol. The largest absolute Gasteiger partial charge is 0.786 e. The maximum atomic E-state index is 10.1. The molecule has 0 fully saturated rings. The smallest absolute Gasteiger partial charge is 0.110 e. The number of halogens is 6. The maximum absolute atomic E-state index is 10.1. The van der Waals surface area contributed by atoms with Crippen LogP contribution in [0.3, 0.4) is 0 Å². The molecule has 0 amide bonds. The van der Waals surface area contributed by atoms with Crippen molar-refractivity contribution in [1.82, 2.24) is 0 Å². The Morgan fingerprint density at radius 3 is 0.281 bits per heavy atom. The molecule has 0 aromatic heterocycles. The van der Waals surface area contributed by atoms with Gasteiger partial charge in [-0.2, -0.15) is 0 Å². The van der Waals surface area contributed by atoms with Crippen LogP contribution in [0.15, 0.2) is 0 Å².